The van der Waals surface area contributed by atoms with Gasteiger partial charge in [0.15, 0.2) is 0 Å². The summed E-state index contributed by atoms with van der Waals surface area (Å²) in [6, 6.07) is 0.534. The van der Waals surface area contributed by atoms with E-state index in [1.54, 1.807) is 0 Å². The fourth-order valence-electron chi connectivity index (χ4n) is 2.48. The number of nitrogens with zero attached hydrogens (tertiary/aromatic N) is 2. The summed E-state index contributed by atoms with van der Waals surface area (Å²) in [7, 11) is 0. The molecule has 0 bridgehead atoms. The monoisotopic (exact) mass is 249 g/mol. The summed E-state index contributed by atoms with van der Waals surface area (Å²) in [6.07, 6.45) is 4.92. The summed E-state index contributed by atoms with van der Waals surface area (Å²) in [5, 5.41) is 8.37. The molecule has 2 rings (SSSR count). The summed E-state index contributed by atoms with van der Waals surface area (Å²) >= 11 is 0. The minimum Gasteiger partial charge on any atom is -0.310 e. The number of rotatable bonds is 7. The van der Waals surface area contributed by atoms with Gasteiger partial charge in [-0.2, -0.15) is 5.10 Å². The van der Waals surface area contributed by atoms with E-state index in [1.807, 2.05) is 0 Å². The van der Waals surface area contributed by atoms with Crippen LogP contribution in [0.15, 0.2) is 0 Å². The van der Waals surface area contributed by atoms with Crippen LogP contribution >= 0.6 is 0 Å². The van der Waals surface area contributed by atoms with Crippen LogP contribution in [0.4, 0.5) is 0 Å². The molecule has 0 aliphatic heterocycles. The average Bonchev–Trinajstić information content (AvgIpc) is 3.07. The highest BCUT2D eigenvalue weighted by Crippen LogP contribution is 2.31. The zero-order chi connectivity index (χ0) is 13.1. The van der Waals surface area contributed by atoms with Crippen molar-refractivity contribution < 1.29 is 0 Å². The fraction of sp³-hybridized carbons (Fsp3) is 0.800. The van der Waals surface area contributed by atoms with Crippen LogP contribution in [0.2, 0.25) is 0 Å². The second-order valence-electron chi connectivity index (χ2n) is 5.74. The van der Waals surface area contributed by atoms with Gasteiger partial charge in [-0.1, -0.05) is 27.7 Å². The SMILES string of the molecule is CCc1nn(CC2CC2)c(CC)c1CNC(C)C. The average molecular weight is 249 g/mol. The van der Waals surface area contributed by atoms with E-state index in [9.17, 15) is 0 Å². The molecule has 1 aliphatic carbocycles. The second kappa shape index (κ2) is 5.87. The molecule has 1 aliphatic rings. The molecule has 0 radical (unpaired) electrons. The van der Waals surface area contributed by atoms with Crippen molar-refractivity contribution in [2.24, 2.45) is 5.92 Å². The summed E-state index contributed by atoms with van der Waals surface area (Å²) in [6.45, 7) is 11.0. The summed E-state index contributed by atoms with van der Waals surface area (Å²) in [4.78, 5) is 0. The second-order valence-corrected chi connectivity index (χ2v) is 5.74. The molecular weight excluding hydrogens is 222 g/mol. The van der Waals surface area contributed by atoms with Gasteiger partial charge in [0.25, 0.3) is 0 Å². The first-order chi connectivity index (χ1) is 8.65. The van der Waals surface area contributed by atoms with E-state index in [4.69, 9.17) is 5.10 Å². The maximum atomic E-state index is 4.83. The van der Waals surface area contributed by atoms with E-state index in [0.717, 1.165) is 31.8 Å². The lowest BCUT2D eigenvalue weighted by Crippen LogP contribution is -2.23. The minimum absolute atomic E-state index is 0.534. The van der Waals surface area contributed by atoms with Crippen molar-refractivity contribution in [3.63, 3.8) is 0 Å². The standard InChI is InChI=1S/C15H27N3/c1-5-14-13(9-16-11(3)4)15(6-2)18(17-14)10-12-7-8-12/h11-12,16H,5-10H2,1-4H3. The smallest absolute Gasteiger partial charge is 0.0669 e. The molecule has 1 aromatic rings. The molecule has 1 aromatic heterocycles. The Bertz CT molecular complexity index is 389. The van der Waals surface area contributed by atoms with Gasteiger partial charge < -0.3 is 5.32 Å². The molecule has 0 spiro atoms. The van der Waals surface area contributed by atoms with Crippen LogP contribution in [0.5, 0.6) is 0 Å². The van der Waals surface area contributed by atoms with Crippen LogP contribution < -0.4 is 5.32 Å². The molecular formula is C15H27N3. The Kier molecular flexibility index (Phi) is 4.44. The number of aryl methyl sites for hydroxylation is 1. The van der Waals surface area contributed by atoms with Crippen LogP contribution in [0.25, 0.3) is 0 Å². The lowest BCUT2D eigenvalue weighted by atomic mass is 10.1. The normalized spacial score (nSPS) is 15.6. The molecule has 0 atom stereocenters. The third kappa shape index (κ3) is 3.14. The molecule has 0 unspecified atom stereocenters. The molecule has 0 saturated heterocycles. The first-order valence-electron chi connectivity index (χ1n) is 7.46. The predicted molar refractivity (Wildman–Crippen MR) is 75.7 cm³/mol. The minimum atomic E-state index is 0.534. The highest BCUT2D eigenvalue weighted by molar-refractivity contribution is 5.27. The van der Waals surface area contributed by atoms with Gasteiger partial charge in [0.1, 0.15) is 0 Å². The molecule has 1 saturated carbocycles. The summed E-state index contributed by atoms with van der Waals surface area (Å²) < 4.78 is 2.29. The first-order valence-corrected chi connectivity index (χ1v) is 7.46. The van der Waals surface area contributed by atoms with Gasteiger partial charge in [-0.15, -0.1) is 0 Å². The van der Waals surface area contributed by atoms with E-state index in [0.29, 0.717) is 6.04 Å². The van der Waals surface area contributed by atoms with E-state index in [2.05, 4.69) is 37.7 Å². The lowest BCUT2D eigenvalue weighted by Gasteiger charge is -2.10. The third-order valence-electron chi connectivity index (χ3n) is 3.73. The Morgan fingerprint density at radius 3 is 2.50 bits per heavy atom. The molecule has 3 nitrogen and oxygen atoms in total. The van der Waals surface area contributed by atoms with Crippen molar-refractivity contribution in [2.45, 2.75) is 72.5 Å². The van der Waals surface area contributed by atoms with Crippen molar-refractivity contribution in [3.8, 4) is 0 Å². The van der Waals surface area contributed by atoms with Crippen molar-refractivity contribution in [3.05, 3.63) is 17.0 Å². The molecule has 1 fully saturated rings. The Morgan fingerprint density at radius 2 is 2.00 bits per heavy atom. The largest absolute Gasteiger partial charge is 0.310 e. The van der Waals surface area contributed by atoms with E-state index >= 15 is 0 Å². The number of nitrogens with one attached hydrogen (secondary N) is 1. The van der Waals surface area contributed by atoms with Gasteiger partial charge in [-0.05, 0) is 31.6 Å². The van der Waals surface area contributed by atoms with E-state index in [1.165, 1.54) is 29.8 Å². The quantitative estimate of drug-likeness (QED) is 0.805. The molecule has 1 heterocycles. The van der Waals surface area contributed by atoms with Crippen molar-refractivity contribution in [1.82, 2.24) is 15.1 Å². The van der Waals surface area contributed by atoms with Crippen LogP contribution in [0.1, 0.15) is 57.5 Å². The van der Waals surface area contributed by atoms with Gasteiger partial charge in [0.05, 0.1) is 5.69 Å². The van der Waals surface area contributed by atoms with Crippen molar-refractivity contribution in [2.75, 3.05) is 0 Å². The first kappa shape index (κ1) is 13.6. The van der Waals surface area contributed by atoms with Gasteiger partial charge in [0, 0.05) is 30.4 Å². The Balaban J connectivity index is 2.19. The maximum Gasteiger partial charge on any atom is 0.0669 e. The zero-order valence-electron chi connectivity index (χ0n) is 12.3. The molecule has 0 amide bonds. The van der Waals surface area contributed by atoms with Gasteiger partial charge in [-0.25, -0.2) is 0 Å². The van der Waals surface area contributed by atoms with E-state index in [-0.39, 0.29) is 0 Å². The zero-order valence-corrected chi connectivity index (χ0v) is 12.3. The molecule has 1 N–H and O–H groups in total. The Hall–Kier alpha value is -0.830. The number of hydrogen-bond acceptors (Lipinski definition) is 2. The topological polar surface area (TPSA) is 29.9 Å². The van der Waals surface area contributed by atoms with Gasteiger partial charge in [-0.3, -0.25) is 4.68 Å². The third-order valence-corrected chi connectivity index (χ3v) is 3.73. The van der Waals surface area contributed by atoms with E-state index < -0.39 is 0 Å². The van der Waals surface area contributed by atoms with Crippen molar-refractivity contribution >= 4 is 0 Å². The molecule has 0 aromatic carbocycles. The van der Waals surface area contributed by atoms with Crippen LogP contribution in [0.3, 0.4) is 0 Å². The van der Waals surface area contributed by atoms with Crippen molar-refractivity contribution in [1.29, 1.82) is 0 Å². The molecule has 3 heteroatoms. The lowest BCUT2D eigenvalue weighted by molar-refractivity contribution is 0.534. The van der Waals surface area contributed by atoms with Crippen LogP contribution in [-0.2, 0) is 25.9 Å². The molecule has 18 heavy (non-hydrogen) atoms. The summed E-state index contributed by atoms with van der Waals surface area (Å²) in [5.41, 5.74) is 4.20. The molecule has 102 valence electrons. The van der Waals surface area contributed by atoms with Crippen LogP contribution in [-0.4, -0.2) is 15.8 Å². The number of aromatic nitrogens is 2. The maximum absolute atomic E-state index is 4.83. The highest BCUT2D eigenvalue weighted by Gasteiger charge is 2.24. The Morgan fingerprint density at radius 1 is 1.28 bits per heavy atom. The predicted octanol–water partition coefficient (Wildman–Crippen LogP) is 2.92. The van der Waals surface area contributed by atoms with Crippen LogP contribution in [0, 0.1) is 5.92 Å². The van der Waals surface area contributed by atoms with Gasteiger partial charge >= 0.3 is 0 Å². The Labute approximate surface area is 111 Å². The highest BCUT2D eigenvalue weighted by atomic mass is 15.3. The fourth-order valence-corrected chi connectivity index (χ4v) is 2.48. The number of hydrogen-bond donors (Lipinski definition) is 1. The van der Waals surface area contributed by atoms with Gasteiger partial charge in [0.2, 0.25) is 0 Å². The summed E-state index contributed by atoms with van der Waals surface area (Å²) in [5.74, 6) is 0.894.